The van der Waals surface area contributed by atoms with Gasteiger partial charge in [0.25, 0.3) is 5.69 Å². The van der Waals surface area contributed by atoms with Gasteiger partial charge in [-0.3, -0.25) is 10.1 Å². The lowest BCUT2D eigenvalue weighted by Crippen LogP contribution is -2.02. The van der Waals surface area contributed by atoms with Crippen LogP contribution in [0.1, 0.15) is 5.56 Å². The van der Waals surface area contributed by atoms with Crippen LogP contribution in [0.3, 0.4) is 0 Å². The van der Waals surface area contributed by atoms with Crippen molar-refractivity contribution < 1.29 is 13.7 Å². The molecule has 0 aliphatic carbocycles. The third-order valence-electron chi connectivity index (χ3n) is 2.63. The summed E-state index contributed by atoms with van der Waals surface area (Å²) in [6.45, 7) is 0.117. The molecule has 0 aromatic heterocycles. The summed E-state index contributed by atoms with van der Waals surface area (Å²) in [6, 6.07) is 7.34. The Morgan fingerprint density at radius 1 is 1.15 bits per heavy atom. The van der Waals surface area contributed by atoms with E-state index in [1.165, 1.54) is 12.1 Å². The number of nitrogens with zero attached hydrogens (tertiary/aromatic N) is 1. The summed E-state index contributed by atoms with van der Waals surface area (Å²) in [5, 5.41) is 13.3. The predicted octanol–water partition coefficient (Wildman–Crippen LogP) is 4.14. The largest absolute Gasteiger partial charge is 0.378 e. The number of rotatable bonds is 4. The number of anilines is 1. The lowest BCUT2D eigenvalue weighted by Gasteiger charge is -2.08. The van der Waals surface area contributed by atoms with Crippen molar-refractivity contribution in [2.24, 2.45) is 0 Å². The van der Waals surface area contributed by atoms with Gasteiger partial charge in [0.05, 0.1) is 15.6 Å². The minimum absolute atomic E-state index is 0.00437. The van der Waals surface area contributed by atoms with Crippen molar-refractivity contribution in [1.29, 1.82) is 0 Å². The number of nitro groups is 1. The number of benzene rings is 2. The van der Waals surface area contributed by atoms with Crippen LogP contribution in [0.15, 0.2) is 36.4 Å². The molecule has 0 aliphatic heterocycles. The number of nitro benzene ring substituents is 1. The lowest BCUT2D eigenvalue weighted by molar-refractivity contribution is -0.384. The van der Waals surface area contributed by atoms with Crippen molar-refractivity contribution in [3.63, 3.8) is 0 Å². The molecule has 0 atom stereocenters. The number of non-ortho nitro benzene ring substituents is 1. The maximum absolute atomic E-state index is 13.5. The molecular formula is C13H9ClF2N2O2. The molecule has 0 saturated carbocycles. The van der Waals surface area contributed by atoms with Crippen LogP contribution in [-0.4, -0.2) is 4.92 Å². The summed E-state index contributed by atoms with van der Waals surface area (Å²) in [5.74, 6) is -1.20. The highest BCUT2D eigenvalue weighted by atomic mass is 35.5. The standard InChI is InChI=1S/C13H9ClF2N2O2/c14-10-3-1-8(5-12(10)16)7-17-13-6-9(18(19)20)2-4-11(13)15/h1-6,17H,7H2. The summed E-state index contributed by atoms with van der Waals surface area (Å²) < 4.78 is 26.7. The molecule has 0 spiro atoms. The van der Waals surface area contributed by atoms with Crippen LogP contribution in [0.4, 0.5) is 20.2 Å². The third-order valence-corrected chi connectivity index (χ3v) is 2.93. The van der Waals surface area contributed by atoms with E-state index in [0.717, 1.165) is 18.2 Å². The molecule has 2 aromatic rings. The fourth-order valence-corrected chi connectivity index (χ4v) is 1.73. The van der Waals surface area contributed by atoms with E-state index in [-0.39, 0.29) is 22.9 Å². The van der Waals surface area contributed by atoms with E-state index in [9.17, 15) is 18.9 Å². The Balaban J connectivity index is 2.15. The van der Waals surface area contributed by atoms with Gasteiger partial charge in [-0.05, 0) is 23.8 Å². The molecule has 0 unspecified atom stereocenters. The van der Waals surface area contributed by atoms with Crippen molar-refractivity contribution in [3.8, 4) is 0 Å². The zero-order valence-electron chi connectivity index (χ0n) is 10.1. The Labute approximate surface area is 118 Å². The van der Waals surface area contributed by atoms with Crippen LogP contribution in [0.5, 0.6) is 0 Å². The number of nitrogens with one attached hydrogen (secondary N) is 1. The predicted molar refractivity (Wildman–Crippen MR) is 71.8 cm³/mol. The first-order chi connectivity index (χ1) is 9.47. The van der Waals surface area contributed by atoms with Gasteiger partial charge in [0.1, 0.15) is 11.6 Å². The second-order valence-electron chi connectivity index (χ2n) is 4.02. The van der Waals surface area contributed by atoms with Crippen molar-refractivity contribution in [1.82, 2.24) is 0 Å². The van der Waals surface area contributed by atoms with Gasteiger partial charge in [-0.1, -0.05) is 17.7 Å². The number of hydrogen-bond donors (Lipinski definition) is 1. The number of hydrogen-bond acceptors (Lipinski definition) is 3. The molecule has 0 heterocycles. The molecule has 0 amide bonds. The quantitative estimate of drug-likeness (QED) is 0.682. The highest BCUT2D eigenvalue weighted by Gasteiger charge is 2.10. The normalized spacial score (nSPS) is 10.3. The molecular weight excluding hydrogens is 290 g/mol. The molecule has 0 aliphatic rings. The van der Waals surface area contributed by atoms with Gasteiger partial charge < -0.3 is 5.32 Å². The van der Waals surface area contributed by atoms with E-state index in [2.05, 4.69) is 5.32 Å². The van der Waals surface area contributed by atoms with Crippen molar-refractivity contribution >= 4 is 23.0 Å². The first kappa shape index (κ1) is 14.2. The summed E-state index contributed by atoms with van der Waals surface area (Å²) in [6.07, 6.45) is 0. The zero-order valence-corrected chi connectivity index (χ0v) is 10.8. The van der Waals surface area contributed by atoms with Crippen molar-refractivity contribution in [2.45, 2.75) is 6.54 Å². The smallest absolute Gasteiger partial charge is 0.271 e. The van der Waals surface area contributed by atoms with Gasteiger partial charge in [-0.15, -0.1) is 0 Å². The first-order valence-electron chi connectivity index (χ1n) is 5.59. The lowest BCUT2D eigenvalue weighted by atomic mass is 10.2. The Bertz CT molecular complexity index is 665. The molecule has 7 heteroatoms. The molecule has 0 saturated heterocycles. The minimum atomic E-state index is -0.620. The van der Waals surface area contributed by atoms with E-state index >= 15 is 0 Å². The van der Waals surface area contributed by atoms with Gasteiger partial charge >= 0.3 is 0 Å². The molecule has 20 heavy (non-hydrogen) atoms. The molecule has 1 N–H and O–H groups in total. The summed E-state index contributed by atoms with van der Waals surface area (Å²) in [5.41, 5.74) is 0.295. The average molecular weight is 299 g/mol. The molecule has 0 bridgehead atoms. The highest BCUT2D eigenvalue weighted by Crippen LogP contribution is 2.22. The second-order valence-corrected chi connectivity index (χ2v) is 4.43. The molecule has 104 valence electrons. The van der Waals surface area contributed by atoms with Crippen molar-refractivity contribution in [3.05, 3.63) is 68.7 Å². The maximum Gasteiger partial charge on any atom is 0.271 e. The molecule has 4 nitrogen and oxygen atoms in total. The number of halogens is 3. The van der Waals surface area contributed by atoms with Gasteiger partial charge in [0.2, 0.25) is 0 Å². The summed E-state index contributed by atoms with van der Waals surface area (Å²) in [4.78, 5) is 9.99. The van der Waals surface area contributed by atoms with E-state index in [1.54, 1.807) is 6.07 Å². The van der Waals surface area contributed by atoms with Crippen LogP contribution >= 0.6 is 11.6 Å². The fraction of sp³-hybridized carbons (Fsp3) is 0.0769. The second kappa shape index (κ2) is 5.83. The molecule has 0 fully saturated rings. The summed E-state index contributed by atoms with van der Waals surface area (Å²) in [7, 11) is 0. The fourth-order valence-electron chi connectivity index (χ4n) is 1.61. The topological polar surface area (TPSA) is 55.2 Å². The van der Waals surface area contributed by atoms with Crippen LogP contribution in [0, 0.1) is 21.7 Å². The monoisotopic (exact) mass is 298 g/mol. The van der Waals surface area contributed by atoms with Gasteiger partial charge in [0, 0.05) is 18.7 Å². The summed E-state index contributed by atoms with van der Waals surface area (Å²) >= 11 is 5.55. The van der Waals surface area contributed by atoms with Crippen LogP contribution in [-0.2, 0) is 6.54 Å². The minimum Gasteiger partial charge on any atom is -0.378 e. The maximum atomic E-state index is 13.5. The van der Waals surface area contributed by atoms with Crippen LogP contribution < -0.4 is 5.32 Å². The Hall–Kier alpha value is -2.21. The SMILES string of the molecule is O=[N+]([O-])c1ccc(F)c(NCc2ccc(Cl)c(F)c2)c1. The van der Waals surface area contributed by atoms with E-state index in [4.69, 9.17) is 11.6 Å². The Kier molecular flexibility index (Phi) is 4.14. The van der Waals surface area contributed by atoms with Crippen LogP contribution in [0.25, 0.3) is 0 Å². The molecule has 0 radical (unpaired) electrons. The molecule has 2 aromatic carbocycles. The average Bonchev–Trinajstić information content (AvgIpc) is 2.41. The van der Waals surface area contributed by atoms with Crippen LogP contribution in [0.2, 0.25) is 5.02 Å². The van der Waals surface area contributed by atoms with Gasteiger partial charge in [-0.25, -0.2) is 8.78 Å². The Morgan fingerprint density at radius 2 is 1.90 bits per heavy atom. The molecule has 2 rings (SSSR count). The zero-order chi connectivity index (χ0) is 14.7. The van der Waals surface area contributed by atoms with E-state index < -0.39 is 16.6 Å². The third kappa shape index (κ3) is 3.21. The van der Waals surface area contributed by atoms with E-state index in [0.29, 0.717) is 5.56 Å². The van der Waals surface area contributed by atoms with Crippen molar-refractivity contribution in [2.75, 3.05) is 5.32 Å². The first-order valence-corrected chi connectivity index (χ1v) is 5.97. The Morgan fingerprint density at radius 3 is 2.55 bits per heavy atom. The van der Waals surface area contributed by atoms with Gasteiger partial charge in [0.15, 0.2) is 0 Å². The highest BCUT2D eigenvalue weighted by molar-refractivity contribution is 6.30. The van der Waals surface area contributed by atoms with E-state index in [1.807, 2.05) is 0 Å². The van der Waals surface area contributed by atoms with Gasteiger partial charge in [-0.2, -0.15) is 0 Å².